The maximum absolute atomic E-state index is 5.48. The third-order valence-electron chi connectivity index (χ3n) is 2.61. The average molecular weight is 237 g/mol. The van der Waals surface area contributed by atoms with Crippen LogP contribution in [0.3, 0.4) is 0 Å². The van der Waals surface area contributed by atoms with Gasteiger partial charge in [-0.25, -0.2) is 0 Å². The van der Waals surface area contributed by atoms with Crippen molar-refractivity contribution >= 4 is 22.9 Å². The fraction of sp³-hybridized carbons (Fsp3) is 0.455. The summed E-state index contributed by atoms with van der Waals surface area (Å²) >= 11 is 4.85. The molecule has 0 saturated carbocycles. The van der Waals surface area contributed by atoms with E-state index in [4.69, 9.17) is 22.7 Å². The zero-order valence-electron chi connectivity index (χ0n) is 8.98. The molecule has 1 aromatic rings. The number of ether oxygens (including phenoxy) is 1. The van der Waals surface area contributed by atoms with Gasteiger partial charge < -0.3 is 15.8 Å². The number of nitrogens with one attached hydrogen (secondary N) is 1. The van der Waals surface area contributed by atoms with E-state index in [-0.39, 0.29) is 0 Å². The van der Waals surface area contributed by atoms with Crippen molar-refractivity contribution in [1.82, 2.24) is 4.98 Å². The number of pyridine rings is 1. The number of rotatable bonds is 3. The van der Waals surface area contributed by atoms with Gasteiger partial charge >= 0.3 is 0 Å². The molecule has 1 saturated heterocycles. The molecule has 16 heavy (non-hydrogen) atoms. The van der Waals surface area contributed by atoms with E-state index in [2.05, 4.69) is 10.3 Å². The third kappa shape index (κ3) is 2.90. The standard InChI is InChI=1S/C11H15N3OS/c12-11(16)10-2-1-9(7-13-10)14-8-3-5-15-6-4-8/h1-2,7-8,14H,3-6H2,(H2,12,16). The second kappa shape index (κ2) is 5.23. The molecule has 1 aliphatic rings. The summed E-state index contributed by atoms with van der Waals surface area (Å²) in [5.74, 6) is 0. The van der Waals surface area contributed by atoms with Gasteiger partial charge in [-0.2, -0.15) is 0 Å². The second-order valence-electron chi connectivity index (χ2n) is 3.83. The summed E-state index contributed by atoms with van der Waals surface area (Å²) in [5.41, 5.74) is 7.15. The van der Waals surface area contributed by atoms with E-state index in [1.807, 2.05) is 12.1 Å². The van der Waals surface area contributed by atoms with Crippen molar-refractivity contribution in [2.24, 2.45) is 5.73 Å². The van der Waals surface area contributed by atoms with Crippen molar-refractivity contribution in [3.8, 4) is 0 Å². The highest BCUT2D eigenvalue weighted by molar-refractivity contribution is 7.80. The Kier molecular flexibility index (Phi) is 3.69. The number of hydrogen-bond donors (Lipinski definition) is 2. The molecule has 1 aliphatic heterocycles. The van der Waals surface area contributed by atoms with Crippen LogP contribution in [0.4, 0.5) is 5.69 Å². The first-order chi connectivity index (χ1) is 7.75. The Balaban J connectivity index is 1.96. The summed E-state index contributed by atoms with van der Waals surface area (Å²) in [5, 5.41) is 3.42. The number of aromatic nitrogens is 1. The van der Waals surface area contributed by atoms with Crippen molar-refractivity contribution in [2.45, 2.75) is 18.9 Å². The first-order valence-electron chi connectivity index (χ1n) is 5.36. The van der Waals surface area contributed by atoms with Gasteiger partial charge in [0, 0.05) is 19.3 Å². The molecule has 0 aliphatic carbocycles. The van der Waals surface area contributed by atoms with Gasteiger partial charge in [0.2, 0.25) is 0 Å². The number of nitrogens with two attached hydrogens (primary N) is 1. The molecule has 0 aromatic carbocycles. The SMILES string of the molecule is NC(=S)c1ccc(NC2CCOCC2)cn1. The normalized spacial score (nSPS) is 17.0. The van der Waals surface area contributed by atoms with Crippen LogP contribution in [-0.4, -0.2) is 29.2 Å². The fourth-order valence-electron chi connectivity index (χ4n) is 1.70. The third-order valence-corrected chi connectivity index (χ3v) is 2.82. The smallest absolute Gasteiger partial charge is 0.122 e. The Bertz CT molecular complexity index is 360. The Hall–Kier alpha value is -1.20. The quantitative estimate of drug-likeness (QED) is 0.776. The van der Waals surface area contributed by atoms with Crippen LogP contribution in [0.25, 0.3) is 0 Å². The summed E-state index contributed by atoms with van der Waals surface area (Å²) in [6.45, 7) is 1.66. The van der Waals surface area contributed by atoms with E-state index in [1.54, 1.807) is 6.20 Å². The van der Waals surface area contributed by atoms with Crippen LogP contribution in [0, 0.1) is 0 Å². The van der Waals surface area contributed by atoms with E-state index in [1.165, 1.54) is 0 Å². The molecule has 0 bridgehead atoms. The maximum atomic E-state index is 5.48. The molecule has 2 rings (SSSR count). The van der Waals surface area contributed by atoms with E-state index >= 15 is 0 Å². The molecule has 86 valence electrons. The van der Waals surface area contributed by atoms with Gasteiger partial charge in [0.1, 0.15) is 4.99 Å². The molecule has 4 nitrogen and oxygen atoms in total. The van der Waals surface area contributed by atoms with Crippen LogP contribution in [-0.2, 0) is 4.74 Å². The first kappa shape index (κ1) is 11.3. The van der Waals surface area contributed by atoms with E-state index < -0.39 is 0 Å². The monoisotopic (exact) mass is 237 g/mol. The van der Waals surface area contributed by atoms with Gasteiger partial charge in [0.05, 0.1) is 17.6 Å². The predicted molar refractivity (Wildman–Crippen MR) is 67.6 cm³/mol. The average Bonchev–Trinajstić information content (AvgIpc) is 2.31. The molecule has 1 aromatic heterocycles. The molecule has 0 unspecified atom stereocenters. The number of thiocarbonyl (C=S) groups is 1. The van der Waals surface area contributed by atoms with Crippen molar-refractivity contribution in [2.75, 3.05) is 18.5 Å². The lowest BCUT2D eigenvalue weighted by Crippen LogP contribution is -2.27. The van der Waals surface area contributed by atoms with Crippen LogP contribution in [0.2, 0.25) is 0 Å². The summed E-state index contributed by atoms with van der Waals surface area (Å²) in [4.78, 5) is 4.51. The van der Waals surface area contributed by atoms with Gasteiger partial charge in [-0.3, -0.25) is 4.98 Å². The molecule has 0 amide bonds. The van der Waals surface area contributed by atoms with Crippen LogP contribution < -0.4 is 11.1 Å². The highest BCUT2D eigenvalue weighted by Gasteiger charge is 2.13. The van der Waals surface area contributed by atoms with E-state index in [9.17, 15) is 0 Å². The zero-order valence-corrected chi connectivity index (χ0v) is 9.80. The Labute approximate surface area is 100 Å². The number of nitrogens with zero attached hydrogens (tertiary/aromatic N) is 1. The lowest BCUT2D eigenvalue weighted by Gasteiger charge is -2.23. The van der Waals surface area contributed by atoms with Gasteiger partial charge in [-0.05, 0) is 25.0 Å². The lowest BCUT2D eigenvalue weighted by molar-refractivity contribution is 0.0904. The highest BCUT2D eigenvalue weighted by atomic mass is 32.1. The number of anilines is 1. The molecular weight excluding hydrogens is 222 g/mol. The van der Waals surface area contributed by atoms with Crippen LogP contribution in [0.15, 0.2) is 18.3 Å². The lowest BCUT2D eigenvalue weighted by atomic mass is 10.1. The minimum Gasteiger partial charge on any atom is -0.388 e. The zero-order chi connectivity index (χ0) is 11.4. The molecule has 0 atom stereocenters. The van der Waals surface area contributed by atoms with Crippen LogP contribution in [0.5, 0.6) is 0 Å². The van der Waals surface area contributed by atoms with Crippen molar-refractivity contribution < 1.29 is 4.74 Å². The summed E-state index contributed by atoms with van der Waals surface area (Å²) < 4.78 is 5.30. The molecule has 2 heterocycles. The molecule has 1 fully saturated rings. The first-order valence-corrected chi connectivity index (χ1v) is 5.76. The van der Waals surface area contributed by atoms with Gasteiger partial charge in [-0.1, -0.05) is 12.2 Å². The largest absolute Gasteiger partial charge is 0.388 e. The van der Waals surface area contributed by atoms with Crippen LogP contribution in [0.1, 0.15) is 18.5 Å². The Morgan fingerprint density at radius 2 is 2.19 bits per heavy atom. The molecule has 5 heteroatoms. The molecule has 0 radical (unpaired) electrons. The topological polar surface area (TPSA) is 60.2 Å². The van der Waals surface area contributed by atoms with Gasteiger partial charge in [0.15, 0.2) is 0 Å². The summed E-state index contributed by atoms with van der Waals surface area (Å²) in [6, 6.07) is 4.27. The van der Waals surface area contributed by atoms with Gasteiger partial charge in [0.25, 0.3) is 0 Å². The Morgan fingerprint density at radius 1 is 1.44 bits per heavy atom. The van der Waals surface area contributed by atoms with Crippen LogP contribution >= 0.6 is 12.2 Å². The van der Waals surface area contributed by atoms with Crippen molar-refractivity contribution in [3.05, 3.63) is 24.0 Å². The van der Waals surface area contributed by atoms with E-state index in [0.29, 0.717) is 16.7 Å². The minimum atomic E-state index is 0.331. The van der Waals surface area contributed by atoms with Crippen molar-refractivity contribution in [3.63, 3.8) is 0 Å². The molecule has 0 spiro atoms. The predicted octanol–water partition coefficient (Wildman–Crippen LogP) is 1.31. The second-order valence-corrected chi connectivity index (χ2v) is 4.27. The minimum absolute atomic E-state index is 0.331. The summed E-state index contributed by atoms with van der Waals surface area (Å²) in [6.07, 6.45) is 3.85. The maximum Gasteiger partial charge on any atom is 0.122 e. The summed E-state index contributed by atoms with van der Waals surface area (Å²) in [7, 11) is 0. The van der Waals surface area contributed by atoms with Gasteiger partial charge in [-0.15, -0.1) is 0 Å². The molecular formula is C11H15N3OS. The highest BCUT2D eigenvalue weighted by Crippen LogP contribution is 2.14. The fourth-order valence-corrected chi connectivity index (χ4v) is 1.82. The Morgan fingerprint density at radius 3 is 2.75 bits per heavy atom. The van der Waals surface area contributed by atoms with E-state index in [0.717, 1.165) is 31.7 Å². The molecule has 3 N–H and O–H groups in total. The number of hydrogen-bond acceptors (Lipinski definition) is 4. The van der Waals surface area contributed by atoms with Crippen molar-refractivity contribution in [1.29, 1.82) is 0 Å².